The lowest BCUT2D eigenvalue weighted by molar-refractivity contribution is 0.415. The second-order valence-corrected chi connectivity index (χ2v) is 9.01. The summed E-state index contributed by atoms with van der Waals surface area (Å²) in [5.41, 5.74) is 5.23. The molecule has 0 atom stereocenters. The Labute approximate surface area is 168 Å². The molecule has 0 spiro atoms. The first-order valence-corrected chi connectivity index (χ1v) is 10.6. The summed E-state index contributed by atoms with van der Waals surface area (Å²) in [6.07, 6.45) is 1.69. The standard InChI is InChI=1S/C19H20N4O3S2/c1-23(2)28(24,25)17-6-4-5-15(11-17)18-13-27-19(21-18)22-20-12-14-7-9-16(26-3)10-8-14/h4-13H,1-3H3,(H,21,22)/b20-12+. The number of rotatable bonds is 7. The number of nitrogens with one attached hydrogen (secondary N) is 1. The van der Waals surface area contributed by atoms with Gasteiger partial charge in [0.2, 0.25) is 15.2 Å². The summed E-state index contributed by atoms with van der Waals surface area (Å²) >= 11 is 1.39. The molecule has 0 aliphatic carbocycles. The van der Waals surface area contributed by atoms with E-state index < -0.39 is 10.0 Å². The lowest BCUT2D eigenvalue weighted by atomic mass is 10.2. The van der Waals surface area contributed by atoms with Gasteiger partial charge in [0, 0.05) is 25.0 Å². The Morgan fingerprint density at radius 2 is 1.93 bits per heavy atom. The number of nitrogens with zero attached hydrogens (tertiary/aromatic N) is 3. The topological polar surface area (TPSA) is 83.9 Å². The number of aromatic nitrogens is 1. The Hall–Kier alpha value is -2.75. The van der Waals surface area contributed by atoms with Crippen molar-refractivity contribution in [3.63, 3.8) is 0 Å². The van der Waals surface area contributed by atoms with E-state index in [-0.39, 0.29) is 4.90 Å². The summed E-state index contributed by atoms with van der Waals surface area (Å²) < 4.78 is 30.9. The van der Waals surface area contributed by atoms with Gasteiger partial charge in [0.25, 0.3) is 0 Å². The number of hydrogen-bond donors (Lipinski definition) is 1. The number of hydrazone groups is 1. The van der Waals surface area contributed by atoms with Crippen LogP contribution >= 0.6 is 11.3 Å². The van der Waals surface area contributed by atoms with Gasteiger partial charge >= 0.3 is 0 Å². The first-order valence-electron chi connectivity index (χ1n) is 8.32. The summed E-state index contributed by atoms with van der Waals surface area (Å²) in [6, 6.07) is 14.2. The summed E-state index contributed by atoms with van der Waals surface area (Å²) in [5.74, 6) is 0.785. The highest BCUT2D eigenvalue weighted by atomic mass is 32.2. The van der Waals surface area contributed by atoms with Gasteiger partial charge in [-0.15, -0.1) is 11.3 Å². The van der Waals surface area contributed by atoms with Crippen LogP contribution in [0.3, 0.4) is 0 Å². The van der Waals surface area contributed by atoms with Crippen LogP contribution in [0.2, 0.25) is 0 Å². The van der Waals surface area contributed by atoms with Crippen LogP contribution in [0.25, 0.3) is 11.3 Å². The highest BCUT2D eigenvalue weighted by Gasteiger charge is 2.18. The molecule has 0 fully saturated rings. The molecule has 146 valence electrons. The van der Waals surface area contributed by atoms with Gasteiger partial charge in [-0.3, -0.25) is 5.43 Å². The van der Waals surface area contributed by atoms with E-state index in [4.69, 9.17) is 4.74 Å². The van der Waals surface area contributed by atoms with Crippen molar-refractivity contribution < 1.29 is 13.2 Å². The minimum atomic E-state index is -3.49. The molecular formula is C19H20N4O3S2. The van der Waals surface area contributed by atoms with Gasteiger partial charge in [0.15, 0.2) is 0 Å². The van der Waals surface area contributed by atoms with E-state index in [0.29, 0.717) is 10.8 Å². The molecule has 0 amide bonds. The number of hydrogen-bond acceptors (Lipinski definition) is 7. The maximum absolute atomic E-state index is 12.3. The van der Waals surface area contributed by atoms with Crippen molar-refractivity contribution in [3.8, 4) is 17.0 Å². The number of sulfonamides is 1. The van der Waals surface area contributed by atoms with Crippen molar-refractivity contribution in [1.29, 1.82) is 0 Å². The number of anilines is 1. The van der Waals surface area contributed by atoms with Crippen LogP contribution in [0.1, 0.15) is 5.56 Å². The van der Waals surface area contributed by atoms with Gasteiger partial charge in [-0.2, -0.15) is 5.10 Å². The Bertz CT molecular complexity index is 1070. The Balaban J connectivity index is 1.72. The van der Waals surface area contributed by atoms with E-state index in [2.05, 4.69) is 15.5 Å². The minimum Gasteiger partial charge on any atom is -0.497 e. The predicted molar refractivity (Wildman–Crippen MR) is 113 cm³/mol. The molecule has 0 unspecified atom stereocenters. The molecule has 1 aromatic heterocycles. The zero-order chi connectivity index (χ0) is 20.1. The predicted octanol–water partition coefficient (Wildman–Crippen LogP) is 3.52. The largest absolute Gasteiger partial charge is 0.497 e. The Morgan fingerprint density at radius 3 is 2.61 bits per heavy atom. The molecule has 1 N–H and O–H groups in total. The molecule has 0 saturated heterocycles. The van der Waals surface area contributed by atoms with Crippen LogP contribution in [0.15, 0.2) is 63.9 Å². The third kappa shape index (κ3) is 4.56. The van der Waals surface area contributed by atoms with Crippen LogP contribution in [-0.4, -0.2) is 45.1 Å². The van der Waals surface area contributed by atoms with Crippen LogP contribution in [0, 0.1) is 0 Å². The van der Waals surface area contributed by atoms with E-state index in [0.717, 1.165) is 16.9 Å². The van der Waals surface area contributed by atoms with E-state index in [1.54, 1.807) is 31.5 Å². The van der Waals surface area contributed by atoms with Crippen molar-refractivity contribution in [2.24, 2.45) is 5.10 Å². The molecular weight excluding hydrogens is 396 g/mol. The lowest BCUT2D eigenvalue weighted by Gasteiger charge is -2.11. The van der Waals surface area contributed by atoms with Crippen LogP contribution in [0.4, 0.5) is 5.13 Å². The number of benzene rings is 2. The van der Waals surface area contributed by atoms with Crippen molar-refractivity contribution in [2.75, 3.05) is 26.6 Å². The third-order valence-electron chi connectivity index (χ3n) is 3.90. The molecule has 9 heteroatoms. The monoisotopic (exact) mass is 416 g/mol. The summed E-state index contributed by atoms with van der Waals surface area (Å²) in [6.45, 7) is 0. The minimum absolute atomic E-state index is 0.232. The molecule has 0 radical (unpaired) electrons. The molecule has 0 aliphatic heterocycles. The van der Waals surface area contributed by atoms with Crippen LogP contribution in [-0.2, 0) is 10.0 Å². The number of ether oxygens (including phenoxy) is 1. The van der Waals surface area contributed by atoms with Gasteiger partial charge in [-0.25, -0.2) is 17.7 Å². The zero-order valence-electron chi connectivity index (χ0n) is 15.7. The molecule has 7 nitrogen and oxygen atoms in total. The second-order valence-electron chi connectivity index (χ2n) is 6.00. The van der Waals surface area contributed by atoms with Gasteiger partial charge in [-0.05, 0) is 42.0 Å². The fraction of sp³-hybridized carbons (Fsp3) is 0.158. The quantitative estimate of drug-likeness (QED) is 0.471. The molecule has 0 bridgehead atoms. The first kappa shape index (κ1) is 20.0. The molecule has 28 heavy (non-hydrogen) atoms. The molecule has 1 heterocycles. The molecule has 0 saturated carbocycles. The van der Waals surface area contributed by atoms with Crippen molar-refractivity contribution >= 4 is 32.7 Å². The lowest BCUT2D eigenvalue weighted by Crippen LogP contribution is -2.22. The Morgan fingerprint density at radius 1 is 1.18 bits per heavy atom. The summed E-state index contributed by atoms with van der Waals surface area (Å²) in [5, 5.41) is 6.65. The van der Waals surface area contributed by atoms with Crippen molar-refractivity contribution in [2.45, 2.75) is 4.90 Å². The van der Waals surface area contributed by atoms with Crippen molar-refractivity contribution in [3.05, 3.63) is 59.5 Å². The fourth-order valence-corrected chi connectivity index (χ4v) is 3.95. The zero-order valence-corrected chi connectivity index (χ0v) is 17.3. The smallest absolute Gasteiger partial charge is 0.242 e. The summed E-state index contributed by atoms with van der Waals surface area (Å²) in [7, 11) is 1.15. The van der Waals surface area contributed by atoms with Gasteiger partial charge in [-0.1, -0.05) is 12.1 Å². The maximum atomic E-state index is 12.3. The number of methoxy groups -OCH3 is 1. The third-order valence-corrected chi connectivity index (χ3v) is 6.46. The average Bonchev–Trinajstić information content (AvgIpc) is 3.17. The van der Waals surface area contributed by atoms with Crippen LogP contribution in [0.5, 0.6) is 5.75 Å². The highest BCUT2D eigenvalue weighted by Crippen LogP contribution is 2.27. The SMILES string of the molecule is COc1ccc(/C=N/Nc2nc(-c3cccc(S(=O)(=O)N(C)C)c3)cs2)cc1. The molecule has 3 rings (SSSR count). The van der Waals surface area contributed by atoms with E-state index in [1.165, 1.54) is 29.7 Å². The molecule has 3 aromatic rings. The van der Waals surface area contributed by atoms with E-state index in [9.17, 15) is 8.42 Å². The molecule has 2 aromatic carbocycles. The van der Waals surface area contributed by atoms with Crippen molar-refractivity contribution in [1.82, 2.24) is 9.29 Å². The molecule has 0 aliphatic rings. The highest BCUT2D eigenvalue weighted by molar-refractivity contribution is 7.89. The van der Waals surface area contributed by atoms with Gasteiger partial charge in [0.1, 0.15) is 5.75 Å². The van der Waals surface area contributed by atoms with Crippen LogP contribution < -0.4 is 10.2 Å². The maximum Gasteiger partial charge on any atom is 0.242 e. The van der Waals surface area contributed by atoms with E-state index >= 15 is 0 Å². The normalized spacial score (nSPS) is 11.9. The van der Waals surface area contributed by atoms with Gasteiger partial charge < -0.3 is 4.74 Å². The van der Waals surface area contributed by atoms with Gasteiger partial charge in [0.05, 0.1) is 23.9 Å². The first-order chi connectivity index (χ1) is 13.4. The van der Waals surface area contributed by atoms with E-state index in [1.807, 2.05) is 35.7 Å². The Kier molecular flexibility index (Phi) is 6.08. The fourth-order valence-electron chi connectivity index (χ4n) is 2.34. The summed E-state index contributed by atoms with van der Waals surface area (Å²) in [4.78, 5) is 4.70. The second kappa shape index (κ2) is 8.51. The average molecular weight is 417 g/mol. The number of thiazole rings is 1.